The zero-order valence-corrected chi connectivity index (χ0v) is 18.4. The van der Waals surface area contributed by atoms with E-state index in [-0.39, 0.29) is 18.8 Å². The summed E-state index contributed by atoms with van der Waals surface area (Å²) in [6.45, 7) is 1.95. The minimum atomic E-state index is 0. The number of piperidine rings is 1. The number of carbonyl (C=O) groups is 1. The van der Waals surface area contributed by atoms with Gasteiger partial charge in [0, 0.05) is 19.9 Å². The normalized spacial score (nSPS) is 16.8. The molecule has 0 saturated carbocycles. The minimum absolute atomic E-state index is 0. The van der Waals surface area contributed by atoms with Crippen LogP contribution in [0.25, 0.3) is 0 Å². The molecule has 1 fully saturated rings. The van der Waals surface area contributed by atoms with E-state index in [0.29, 0.717) is 6.54 Å². The maximum atomic E-state index is 13.1. The predicted molar refractivity (Wildman–Crippen MR) is 132 cm³/mol. The van der Waals surface area contributed by atoms with Crippen LogP contribution in [0.3, 0.4) is 0 Å². The quantitative estimate of drug-likeness (QED) is 0.565. The van der Waals surface area contributed by atoms with Crippen molar-refractivity contribution in [1.29, 1.82) is 0 Å². The lowest BCUT2D eigenvalue weighted by Gasteiger charge is -2.43. The summed E-state index contributed by atoms with van der Waals surface area (Å²) in [5.41, 5.74) is 5.34. The number of hydrogen-bond donors (Lipinski definition) is 1. The number of likely N-dealkylation sites (tertiary alicyclic amines) is 1. The van der Waals surface area contributed by atoms with Gasteiger partial charge in [-0.3, -0.25) is 10.1 Å². The van der Waals surface area contributed by atoms with Crippen LogP contribution in [0.2, 0.25) is 0 Å². The van der Waals surface area contributed by atoms with Gasteiger partial charge < -0.3 is 4.90 Å². The molecule has 1 aliphatic carbocycles. The van der Waals surface area contributed by atoms with Crippen LogP contribution in [0.15, 0.2) is 97.1 Å². The third-order valence-electron chi connectivity index (χ3n) is 7.06. The van der Waals surface area contributed by atoms with Crippen molar-refractivity contribution in [2.45, 2.75) is 30.7 Å². The number of rotatable bonds is 5. The summed E-state index contributed by atoms with van der Waals surface area (Å²) in [6.07, 6.45) is 7.72. The molecule has 3 aromatic rings. The first kappa shape index (κ1) is 20.7. The van der Waals surface area contributed by atoms with E-state index in [4.69, 9.17) is 0 Å². The Morgan fingerprint density at radius 3 is 2.12 bits per heavy atom. The molecule has 3 aromatic carbocycles. The molecule has 1 N–H and O–H groups in total. The van der Waals surface area contributed by atoms with E-state index in [9.17, 15) is 4.79 Å². The molecule has 0 aromatic heterocycles. The van der Waals surface area contributed by atoms with Gasteiger partial charge >= 0.3 is 0 Å². The lowest BCUT2D eigenvalue weighted by atomic mass is 9.68. The predicted octanol–water partition coefficient (Wildman–Crippen LogP) is 5.28. The molecule has 1 spiro atoms. The second-order valence-electron chi connectivity index (χ2n) is 8.94. The highest BCUT2D eigenvalue weighted by Crippen LogP contribution is 2.41. The highest BCUT2D eigenvalue weighted by molar-refractivity contribution is 5.78. The standard InChI is InChI=1S/C29H30N2O.H2/c32-27(22-30-28(24-11-3-1-4-12-24)25-13-5-2-6-14-25)31-20-18-29(19-21-31)17-9-15-23-10-7-8-16-26(23)29;/h1-14,16-17,28,30H,15,18-22H2;1H. The second-order valence-corrected chi connectivity index (χ2v) is 8.94. The molecule has 0 unspecified atom stereocenters. The first-order valence-corrected chi connectivity index (χ1v) is 11.6. The van der Waals surface area contributed by atoms with E-state index in [1.165, 1.54) is 22.3 Å². The number of nitrogens with zero attached hydrogens (tertiary/aromatic N) is 1. The summed E-state index contributed by atoms with van der Waals surface area (Å²) < 4.78 is 0. The van der Waals surface area contributed by atoms with Gasteiger partial charge in [-0.05, 0) is 41.5 Å². The SMILES string of the molecule is O=C(CNC(c1ccccc1)c1ccccc1)N1CCC2(C=CCc3ccccc32)CC1.[HH]. The smallest absolute Gasteiger partial charge is 0.236 e. The molecule has 1 amide bonds. The molecule has 0 atom stereocenters. The summed E-state index contributed by atoms with van der Waals surface area (Å²) >= 11 is 0. The minimum Gasteiger partial charge on any atom is -0.342 e. The van der Waals surface area contributed by atoms with Crippen molar-refractivity contribution in [2.75, 3.05) is 19.6 Å². The van der Waals surface area contributed by atoms with Crippen molar-refractivity contribution in [3.63, 3.8) is 0 Å². The highest BCUT2D eigenvalue weighted by atomic mass is 16.2. The van der Waals surface area contributed by atoms with Gasteiger partial charge in [0.15, 0.2) is 0 Å². The first-order chi connectivity index (χ1) is 15.8. The first-order valence-electron chi connectivity index (χ1n) is 11.6. The van der Waals surface area contributed by atoms with Crippen molar-refractivity contribution < 1.29 is 6.22 Å². The van der Waals surface area contributed by atoms with Gasteiger partial charge in [-0.2, -0.15) is 0 Å². The fourth-order valence-corrected chi connectivity index (χ4v) is 5.30. The van der Waals surface area contributed by atoms with E-state index in [2.05, 4.69) is 66.0 Å². The molecule has 0 bridgehead atoms. The Balaban J connectivity index is 0.00000259. The van der Waals surface area contributed by atoms with Gasteiger partial charge in [0.2, 0.25) is 5.91 Å². The Morgan fingerprint density at radius 2 is 1.47 bits per heavy atom. The molecule has 5 rings (SSSR count). The molecular formula is C29H32N2O. The molecular weight excluding hydrogens is 392 g/mol. The van der Waals surface area contributed by atoms with Gasteiger partial charge in [-0.1, -0.05) is 97.1 Å². The van der Waals surface area contributed by atoms with Gasteiger partial charge in [0.05, 0.1) is 12.6 Å². The lowest BCUT2D eigenvalue weighted by molar-refractivity contribution is -0.131. The molecule has 2 aliphatic rings. The van der Waals surface area contributed by atoms with Crippen LogP contribution in [-0.4, -0.2) is 30.4 Å². The van der Waals surface area contributed by atoms with E-state index in [1.54, 1.807) is 0 Å². The van der Waals surface area contributed by atoms with Gasteiger partial charge in [-0.25, -0.2) is 0 Å². The summed E-state index contributed by atoms with van der Waals surface area (Å²) in [6, 6.07) is 29.5. The Hall–Kier alpha value is -3.17. The zero-order valence-electron chi connectivity index (χ0n) is 18.4. The molecule has 3 nitrogen and oxygen atoms in total. The Labute approximate surface area is 192 Å². The number of allylic oxidation sites excluding steroid dienone is 2. The Bertz CT molecular complexity index is 1050. The lowest BCUT2D eigenvalue weighted by Crippen LogP contribution is -2.48. The van der Waals surface area contributed by atoms with E-state index in [0.717, 1.165) is 32.4 Å². The number of carbonyl (C=O) groups excluding carboxylic acids is 1. The average molecular weight is 425 g/mol. The summed E-state index contributed by atoms with van der Waals surface area (Å²) in [4.78, 5) is 15.2. The van der Waals surface area contributed by atoms with Gasteiger partial charge in [0.1, 0.15) is 0 Å². The monoisotopic (exact) mass is 424 g/mol. The van der Waals surface area contributed by atoms with Crippen LogP contribution >= 0.6 is 0 Å². The van der Waals surface area contributed by atoms with Gasteiger partial charge in [-0.15, -0.1) is 0 Å². The molecule has 1 saturated heterocycles. The van der Waals surface area contributed by atoms with Crippen molar-refractivity contribution in [3.05, 3.63) is 119 Å². The average Bonchev–Trinajstić information content (AvgIpc) is 2.86. The number of nitrogens with one attached hydrogen (secondary N) is 1. The van der Waals surface area contributed by atoms with Crippen LogP contribution in [0.5, 0.6) is 0 Å². The van der Waals surface area contributed by atoms with E-state index >= 15 is 0 Å². The Morgan fingerprint density at radius 1 is 0.875 bits per heavy atom. The number of benzene rings is 3. The fraction of sp³-hybridized carbons (Fsp3) is 0.276. The molecule has 164 valence electrons. The maximum absolute atomic E-state index is 13.1. The van der Waals surface area contributed by atoms with E-state index < -0.39 is 0 Å². The van der Waals surface area contributed by atoms with E-state index in [1.807, 2.05) is 41.3 Å². The van der Waals surface area contributed by atoms with Crippen LogP contribution in [0.1, 0.15) is 42.6 Å². The van der Waals surface area contributed by atoms with Crippen molar-refractivity contribution in [2.24, 2.45) is 0 Å². The van der Waals surface area contributed by atoms with Crippen LogP contribution in [-0.2, 0) is 16.6 Å². The summed E-state index contributed by atoms with van der Waals surface area (Å²) in [5.74, 6) is 0.185. The third kappa shape index (κ3) is 4.13. The number of amides is 1. The highest BCUT2D eigenvalue weighted by Gasteiger charge is 2.37. The zero-order chi connectivity index (χ0) is 21.8. The van der Waals surface area contributed by atoms with Crippen LogP contribution < -0.4 is 5.32 Å². The third-order valence-corrected chi connectivity index (χ3v) is 7.06. The second kappa shape index (κ2) is 9.13. The van der Waals surface area contributed by atoms with Crippen molar-refractivity contribution in [1.82, 2.24) is 10.2 Å². The molecule has 3 heteroatoms. The number of fused-ring (bicyclic) bond motifs is 2. The molecule has 32 heavy (non-hydrogen) atoms. The summed E-state index contributed by atoms with van der Waals surface area (Å²) in [7, 11) is 0. The van der Waals surface area contributed by atoms with Crippen molar-refractivity contribution >= 4 is 5.91 Å². The summed E-state index contributed by atoms with van der Waals surface area (Å²) in [5, 5.41) is 3.53. The maximum Gasteiger partial charge on any atom is 0.236 e. The fourth-order valence-electron chi connectivity index (χ4n) is 5.30. The molecule has 0 radical (unpaired) electrons. The Kier molecular flexibility index (Phi) is 5.91. The van der Waals surface area contributed by atoms with Crippen LogP contribution in [0, 0.1) is 0 Å². The van der Waals surface area contributed by atoms with Crippen molar-refractivity contribution in [3.8, 4) is 0 Å². The molecule has 1 aliphatic heterocycles. The topological polar surface area (TPSA) is 32.3 Å². The largest absolute Gasteiger partial charge is 0.342 e. The van der Waals surface area contributed by atoms with Gasteiger partial charge in [0.25, 0.3) is 0 Å². The van der Waals surface area contributed by atoms with Crippen LogP contribution in [0.4, 0.5) is 0 Å². The number of hydrogen-bond acceptors (Lipinski definition) is 2. The molecule has 1 heterocycles.